The summed E-state index contributed by atoms with van der Waals surface area (Å²) in [6.45, 7) is 6.20. The van der Waals surface area contributed by atoms with Crippen molar-refractivity contribution in [3.05, 3.63) is 209 Å². The number of para-hydroxylation sites is 5. The molecule has 308 valence electrons. The maximum atomic E-state index is 10.4. The van der Waals surface area contributed by atoms with E-state index in [9.17, 15) is 15.8 Å². The monoisotopic (exact) mass is 842 g/mol. The van der Waals surface area contributed by atoms with E-state index in [1.54, 1.807) is 0 Å². The quantitative estimate of drug-likeness (QED) is 0.173. The summed E-state index contributed by atoms with van der Waals surface area (Å²) in [7, 11) is 0. The Morgan fingerprint density at radius 1 is 0.288 bits per heavy atom. The van der Waals surface area contributed by atoms with Gasteiger partial charge in [-0.1, -0.05) is 97.1 Å². The summed E-state index contributed by atoms with van der Waals surface area (Å²) >= 11 is 0. The zero-order chi connectivity index (χ0) is 44.8. The van der Waals surface area contributed by atoms with Crippen LogP contribution in [0.15, 0.2) is 176 Å². The summed E-state index contributed by atoms with van der Waals surface area (Å²) in [6, 6.07) is 68.6. The first-order valence-corrected chi connectivity index (χ1v) is 22.0. The lowest BCUT2D eigenvalue weighted by molar-refractivity contribution is 1.14. The number of aromatic nitrogens is 3. The molecule has 0 aliphatic carbocycles. The van der Waals surface area contributed by atoms with Crippen LogP contribution in [0, 0.1) is 54.8 Å². The van der Waals surface area contributed by atoms with Gasteiger partial charge in [-0.05, 0) is 139 Å². The Labute approximate surface area is 380 Å². The maximum Gasteiger partial charge on any atom is 0.101 e. The van der Waals surface area contributed by atoms with Gasteiger partial charge in [-0.25, -0.2) is 0 Å². The van der Waals surface area contributed by atoms with Crippen molar-refractivity contribution >= 4 is 65.4 Å². The number of aryl methyl sites for hydroxylation is 3. The fourth-order valence-electron chi connectivity index (χ4n) is 10.5. The van der Waals surface area contributed by atoms with Gasteiger partial charge < -0.3 is 13.7 Å². The van der Waals surface area contributed by atoms with E-state index < -0.39 is 0 Å². The molecular weight excluding hydrogens is 805 g/mol. The van der Waals surface area contributed by atoms with Gasteiger partial charge in [-0.3, -0.25) is 0 Å². The highest BCUT2D eigenvalue weighted by Gasteiger charge is 2.22. The number of benzene rings is 9. The molecule has 0 spiro atoms. The first-order valence-electron chi connectivity index (χ1n) is 22.0. The normalized spacial score (nSPS) is 11.5. The molecule has 0 unspecified atom stereocenters. The summed E-state index contributed by atoms with van der Waals surface area (Å²) in [6.07, 6.45) is 0. The second-order valence-corrected chi connectivity index (χ2v) is 17.2. The Balaban J connectivity index is 1.08. The van der Waals surface area contributed by atoms with E-state index in [2.05, 4.69) is 192 Å². The van der Waals surface area contributed by atoms with Crippen LogP contribution in [0.1, 0.15) is 33.4 Å². The molecule has 0 saturated heterocycles. The van der Waals surface area contributed by atoms with Crippen LogP contribution >= 0.6 is 0 Å². The number of fused-ring (bicyclic) bond motifs is 9. The van der Waals surface area contributed by atoms with Crippen molar-refractivity contribution in [2.45, 2.75) is 20.8 Å². The van der Waals surface area contributed by atoms with Gasteiger partial charge in [0.15, 0.2) is 0 Å². The Hall–Kier alpha value is -9.15. The van der Waals surface area contributed by atoms with Gasteiger partial charge in [0, 0.05) is 32.3 Å². The van der Waals surface area contributed by atoms with Crippen molar-refractivity contribution in [3.63, 3.8) is 0 Å². The lowest BCUT2D eigenvalue weighted by Gasteiger charge is -2.14. The highest BCUT2D eigenvalue weighted by atomic mass is 15.0. The Morgan fingerprint density at radius 2 is 0.561 bits per heavy atom. The van der Waals surface area contributed by atoms with Crippen molar-refractivity contribution in [1.29, 1.82) is 15.8 Å². The Bertz CT molecular complexity index is 3950. The SMILES string of the molecule is Cc1cccc(C#N)c1-n1c2ccccc2c2cc(-c3ccc4c(c3)c3cc(-c5ccc6c(c5)c5ccccc5n6-c5c(C)cccc5C#N)ccc3n4-c3c(C)cccc3C#N)ccc21. The smallest absolute Gasteiger partial charge is 0.101 e. The fourth-order valence-corrected chi connectivity index (χ4v) is 10.5. The molecule has 12 rings (SSSR count). The summed E-state index contributed by atoms with van der Waals surface area (Å²) < 4.78 is 6.72. The Morgan fingerprint density at radius 3 is 0.864 bits per heavy atom. The number of nitrogens with zero attached hydrogens (tertiary/aromatic N) is 6. The minimum atomic E-state index is 0.618. The summed E-state index contributed by atoms with van der Waals surface area (Å²) in [5.41, 5.74) is 18.2. The van der Waals surface area contributed by atoms with Gasteiger partial charge in [0.05, 0.1) is 66.9 Å². The third-order valence-electron chi connectivity index (χ3n) is 13.5. The van der Waals surface area contributed by atoms with E-state index in [1.807, 2.05) is 36.4 Å². The van der Waals surface area contributed by atoms with Crippen molar-refractivity contribution in [3.8, 4) is 57.5 Å². The van der Waals surface area contributed by atoms with Crippen molar-refractivity contribution in [2.75, 3.05) is 0 Å². The minimum Gasteiger partial charge on any atom is -0.308 e. The third-order valence-corrected chi connectivity index (χ3v) is 13.5. The lowest BCUT2D eigenvalue weighted by atomic mass is 9.98. The van der Waals surface area contributed by atoms with Crippen LogP contribution < -0.4 is 0 Å². The molecule has 0 aliphatic rings. The van der Waals surface area contributed by atoms with Crippen molar-refractivity contribution < 1.29 is 0 Å². The molecule has 12 aromatic rings. The molecular formula is C60H38N6. The third kappa shape index (κ3) is 5.58. The van der Waals surface area contributed by atoms with Gasteiger partial charge >= 0.3 is 0 Å². The number of hydrogen-bond donors (Lipinski definition) is 0. The molecule has 66 heavy (non-hydrogen) atoms. The predicted octanol–water partition coefficient (Wildman–Crippen LogP) is 14.9. The number of nitriles is 3. The van der Waals surface area contributed by atoms with Gasteiger partial charge in [-0.15, -0.1) is 0 Å². The van der Waals surface area contributed by atoms with Gasteiger partial charge in [0.2, 0.25) is 0 Å². The van der Waals surface area contributed by atoms with E-state index in [1.165, 1.54) is 0 Å². The van der Waals surface area contributed by atoms with Crippen molar-refractivity contribution in [1.82, 2.24) is 13.7 Å². The van der Waals surface area contributed by atoms with Crippen LogP contribution in [0.3, 0.4) is 0 Å². The van der Waals surface area contributed by atoms with E-state index in [0.29, 0.717) is 16.7 Å². The second-order valence-electron chi connectivity index (χ2n) is 17.2. The summed E-state index contributed by atoms with van der Waals surface area (Å²) in [5, 5.41) is 37.5. The predicted molar refractivity (Wildman–Crippen MR) is 269 cm³/mol. The van der Waals surface area contributed by atoms with Crippen LogP contribution in [0.25, 0.3) is 105 Å². The molecule has 9 aromatic carbocycles. The standard InChI is InChI=1S/C60H38N6/c1-36-11-8-14-43(33-61)58(36)64-52-19-6-4-17-46(52)48-29-39(21-25-54(48)64)41-23-27-56-50(31-41)51-32-42(24-28-57(51)66(56)60-38(3)13-10-16-45(60)35-63)40-22-26-55-49(30-40)47-18-5-7-20-53(47)65(55)59-37(2)12-9-15-44(59)34-62/h4-32H,1-3H3. The zero-order valence-corrected chi connectivity index (χ0v) is 36.4. The van der Waals surface area contributed by atoms with Crippen LogP contribution in [-0.2, 0) is 0 Å². The highest BCUT2D eigenvalue weighted by Crippen LogP contribution is 2.42. The van der Waals surface area contributed by atoms with Gasteiger partial charge in [0.1, 0.15) is 18.2 Å². The van der Waals surface area contributed by atoms with Crippen LogP contribution in [0.2, 0.25) is 0 Å². The molecule has 0 atom stereocenters. The minimum absolute atomic E-state index is 0.618. The molecule has 3 aromatic heterocycles. The largest absolute Gasteiger partial charge is 0.308 e. The second kappa shape index (κ2) is 14.7. The van der Waals surface area contributed by atoms with Crippen LogP contribution in [0.5, 0.6) is 0 Å². The molecule has 0 fully saturated rings. The molecule has 0 saturated carbocycles. The molecule has 0 amide bonds. The molecule has 6 heteroatoms. The van der Waals surface area contributed by atoms with Crippen LogP contribution in [0.4, 0.5) is 0 Å². The molecule has 3 heterocycles. The van der Waals surface area contributed by atoms with E-state index in [4.69, 9.17) is 0 Å². The van der Waals surface area contributed by atoms with Crippen molar-refractivity contribution in [2.24, 2.45) is 0 Å². The van der Waals surface area contributed by atoms with Gasteiger partial charge in [0.25, 0.3) is 0 Å². The molecule has 6 nitrogen and oxygen atoms in total. The topological polar surface area (TPSA) is 86.2 Å². The summed E-state index contributed by atoms with van der Waals surface area (Å²) in [5.74, 6) is 0. The van der Waals surface area contributed by atoms with E-state index in [-0.39, 0.29) is 0 Å². The average Bonchev–Trinajstić information content (AvgIpc) is 3.98. The molecule has 0 bridgehead atoms. The molecule has 0 radical (unpaired) electrons. The number of rotatable bonds is 5. The Kier molecular flexibility index (Phi) is 8.59. The molecule has 0 aliphatic heterocycles. The highest BCUT2D eigenvalue weighted by molar-refractivity contribution is 6.15. The van der Waals surface area contributed by atoms with E-state index in [0.717, 1.165) is 121 Å². The molecule has 0 N–H and O–H groups in total. The summed E-state index contributed by atoms with van der Waals surface area (Å²) in [4.78, 5) is 0. The lowest BCUT2D eigenvalue weighted by Crippen LogP contribution is -2.00. The fraction of sp³-hybridized carbons (Fsp3) is 0.0500. The van der Waals surface area contributed by atoms with Gasteiger partial charge in [-0.2, -0.15) is 15.8 Å². The van der Waals surface area contributed by atoms with Crippen LogP contribution in [-0.4, -0.2) is 13.7 Å². The first kappa shape index (κ1) is 38.5. The number of hydrogen-bond acceptors (Lipinski definition) is 3. The zero-order valence-electron chi connectivity index (χ0n) is 36.4. The average molecular weight is 843 g/mol. The maximum absolute atomic E-state index is 10.4. The van der Waals surface area contributed by atoms with E-state index >= 15 is 0 Å². The first-order chi connectivity index (χ1) is 32.4.